The SMILES string of the molecule is C=C1C=C1CC. The fraction of sp³-hybridized carbons (Fsp3) is 0.333. The minimum Gasteiger partial charge on any atom is -0.0915 e. The molecule has 0 aromatic rings. The lowest BCUT2D eigenvalue weighted by Gasteiger charge is -1.71. The van der Waals surface area contributed by atoms with Crippen LogP contribution in [0.15, 0.2) is 23.8 Å². The van der Waals surface area contributed by atoms with Crippen molar-refractivity contribution >= 4 is 0 Å². The Morgan fingerprint density at radius 1 is 1.83 bits per heavy atom. The van der Waals surface area contributed by atoms with Crippen LogP contribution in [0.5, 0.6) is 0 Å². The van der Waals surface area contributed by atoms with Crippen molar-refractivity contribution in [2.45, 2.75) is 13.3 Å². The Bertz CT molecular complexity index is 107. The van der Waals surface area contributed by atoms with E-state index in [1.807, 2.05) is 0 Å². The zero-order valence-electron chi connectivity index (χ0n) is 3.99. The van der Waals surface area contributed by atoms with Gasteiger partial charge in [-0.3, -0.25) is 0 Å². The molecule has 0 aromatic heterocycles. The van der Waals surface area contributed by atoms with Crippen LogP contribution in [-0.4, -0.2) is 0 Å². The summed E-state index contributed by atoms with van der Waals surface area (Å²) in [5, 5.41) is 0. The molecule has 6 heavy (non-hydrogen) atoms. The Hall–Kier alpha value is -0.520. The van der Waals surface area contributed by atoms with Gasteiger partial charge in [-0.2, -0.15) is 0 Å². The van der Waals surface area contributed by atoms with Crippen molar-refractivity contribution in [2.24, 2.45) is 0 Å². The van der Waals surface area contributed by atoms with Crippen molar-refractivity contribution in [3.63, 3.8) is 0 Å². The van der Waals surface area contributed by atoms with Gasteiger partial charge in [0.25, 0.3) is 0 Å². The lowest BCUT2D eigenvalue weighted by atomic mass is 10.3. The standard InChI is InChI=1S/C6H8/c1-3-6-4-5(6)2/h4H,2-3H2,1H3. The van der Waals surface area contributed by atoms with Crippen LogP contribution in [0.3, 0.4) is 0 Å². The summed E-state index contributed by atoms with van der Waals surface area (Å²) in [4.78, 5) is 0. The summed E-state index contributed by atoms with van der Waals surface area (Å²) in [5.41, 5.74) is 2.69. The zero-order valence-corrected chi connectivity index (χ0v) is 3.99. The first-order chi connectivity index (χ1) is 2.84. The fourth-order valence-corrected chi connectivity index (χ4v) is 0.503. The van der Waals surface area contributed by atoms with Gasteiger partial charge in [-0.15, -0.1) is 0 Å². The van der Waals surface area contributed by atoms with Crippen molar-refractivity contribution in [3.05, 3.63) is 23.8 Å². The maximum atomic E-state index is 3.73. The smallest absolute Gasteiger partial charge is 0.0294 e. The highest BCUT2D eigenvalue weighted by atomic mass is 14.1. The van der Waals surface area contributed by atoms with Crippen LogP contribution in [0.1, 0.15) is 13.3 Å². The third kappa shape index (κ3) is 0.383. The molecule has 0 aromatic carbocycles. The number of allylic oxidation sites excluding steroid dienone is 3. The van der Waals surface area contributed by atoms with E-state index in [0.29, 0.717) is 0 Å². The van der Waals surface area contributed by atoms with Crippen LogP contribution in [0.4, 0.5) is 0 Å². The number of rotatable bonds is 1. The molecule has 1 aliphatic carbocycles. The molecule has 0 amide bonds. The van der Waals surface area contributed by atoms with Crippen LogP contribution in [0, 0.1) is 0 Å². The topological polar surface area (TPSA) is 0 Å². The first kappa shape index (κ1) is 3.66. The van der Waals surface area contributed by atoms with E-state index in [1.165, 1.54) is 17.6 Å². The lowest BCUT2D eigenvalue weighted by molar-refractivity contribution is 1.19. The minimum atomic E-state index is 1.17. The van der Waals surface area contributed by atoms with Gasteiger partial charge in [-0.1, -0.05) is 19.6 Å². The average molecular weight is 80.1 g/mol. The Labute approximate surface area is 38.2 Å². The Kier molecular flexibility index (Phi) is 0.592. The minimum absolute atomic E-state index is 1.17. The molecule has 1 aliphatic rings. The van der Waals surface area contributed by atoms with Gasteiger partial charge < -0.3 is 0 Å². The normalized spacial score (nSPS) is 17.5. The summed E-state index contributed by atoms with van der Waals surface area (Å²) in [6.45, 7) is 5.87. The van der Waals surface area contributed by atoms with Crippen molar-refractivity contribution in [2.75, 3.05) is 0 Å². The first-order valence-electron chi connectivity index (χ1n) is 2.24. The largest absolute Gasteiger partial charge is 0.0915 e. The molecule has 0 heteroatoms. The molecule has 0 saturated carbocycles. The monoisotopic (exact) mass is 80.1 g/mol. The van der Waals surface area contributed by atoms with Crippen molar-refractivity contribution in [1.29, 1.82) is 0 Å². The van der Waals surface area contributed by atoms with E-state index < -0.39 is 0 Å². The highest BCUT2D eigenvalue weighted by molar-refractivity contribution is 5.54. The van der Waals surface area contributed by atoms with Gasteiger partial charge in [0.15, 0.2) is 0 Å². The summed E-state index contributed by atoms with van der Waals surface area (Å²) in [6, 6.07) is 0. The molecule has 0 heterocycles. The molecular weight excluding hydrogens is 72.1 g/mol. The molecule has 32 valence electrons. The summed E-state index contributed by atoms with van der Waals surface area (Å²) in [7, 11) is 0. The Morgan fingerprint density at radius 2 is 2.33 bits per heavy atom. The molecular formula is C6H8. The molecule has 0 N–H and O–H groups in total. The molecule has 0 radical (unpaired) electrons. The van der Waals surface area contributed by atoms with E-state index >= 15 is 0 Å². The molecule has 0 atom stereocenters. The third-order valence-electron chi connectivity index (χ3n) is 1.06. The van der Waals surface area contributed by atoms with Crippen LogP contribution < -0.4 is 0 Å². The summed E-state index contributed by atoms with van der Waals surface area (Å²) < 4.78 is 0. The molecule has 0 nitrogen and oxygen atoms in total. The van der Waals surface area contributed by atoms with Gasteiger partial charge in [0.05, 0.1) is 0 Å². The van der Waals surface area contributed by atoms with Gasteiger partial charge in [-0.25, -0.2) is 0 Å². The summed E-state index contributed by atoms with van der Waals surface area (Å²) >= 11 is 0. The van der Waals surface area contributed by atoms with Gasteiger partial charge >= 0.3 is 0 Å². The molecule has 0 bridgehead atoms. The molecule has 0 aliphatic heterocycles. The fourth-order valence-electron chi connectivity index (χ4n) is 0.503. The maximum Gasteiger partial charge on any atom is -0.0294 e. The van der Waals surface area contributed by atoms with E-state index in [4.69, 9.17) is 0 Å². The number of hydrogen-bond donors (Lipinski definition) is 0. The van der Waals surface area contributed by atoms with Crippen molar-refractivity contribution < 1.29 is 0 Å². The lowest BCUT2D eigenvalue weighted by Crippen LogP contribution is -1.52. The first-order valence-corrected chi connectivity index (χ1v) is 2.24. The summed E-state index contributed by atoms with van der Waals surface area (Å²) in [6.07, 6.45) is 3.28. The Balaban J connectivity index is 2.42. The molecule has 1 rings (SSSR count). The van der Waals surface area contributed by atoms with E-state index in [2.05, 4.69) is 19.6 Å². The summed E-state index contributed by atoms with van der Waals surface area (Å²) in [5.74, 6) is 0. The predicted octanol–water partition coefficient (Wildman–Crippen LogP) is 1.89. The van der Waals surface area contributed by atoms with E-state index in [-0.39, 0.29) is 0 Å². The van der Waals surface area contributed by atoms with Crippen LogP contribution in [0.25, 0.3) is 0 Å². The second-order valence-electron chi connectivity index (χ2n) is 1.55. The molecule has 0 saturated heterocycles. The van der Waals surface area contributed by atoms with E-state index in [1.54, 1.807) is 0 Å². The van der Waals surface area contributed by atoms with Gasteiger partial charge in [0.2, 0.25) is 0 Å². The average Bonchev–Trinajstić information content (AvgIpc) is 2.19. The quantitative estimate of drug-likeness (QED) is 0.451. The molecule has 0 fully saturated rings. The molecule has 0 unspecified atom stereocenters. The van der Waals surface area contributed by atoms with Gasteiger partial charge in [-0.05, 0) is 17.6 Å². The van der Waals surface area contributed by atoms with Crippen LogP contribution in [-0.2, 0) is 0 Å². The highest BCUT2D eigenvalue weighted by Crippen LogP contribution is 2.27. The van der Waals surface area contributed by atoms with E-state index in [9.17, 15) is 0 Å². The van der Waals surface area contributed by atoms with Crippen LogP contribution in [0.2, 0.25) is 0 Å². The second kappa shape index (κ2) is 0.970. The highest BCUT2D eigenvalue weighted by Gasteiger charge is 2.08. The molecule has 0 spiro atoms. The predicted molar refractivity (Wildman–Crippen MR) is 27.5 cm³/mol. The Morgan fingerprint density at radius 3 is 2.33 bits per heavy atom. The van der Waals surface area contributed by atoms with Gasteiger partial charge in [0, 0.05) is 0 Å². The van der Waals surface area contributed by atoms with E-state index in [0.717, 1.165) is 0 Å². The zero-order chi connectivity index (χ0) is 4.57. The van der Waals surface area contributed by atoms with Crippen LogP contribution >= 0.6 is 0 Å². The van der Waals surface area contributed by atoms with Crippen molar-refractivity contribution in [1.82, 2.24) is 0 Å². The van der Waals surface area contributed by atoms with Crippen molar-refractivity contribution in [3.8, 4) is 0 Å². The maximum absolute atomic E-state index is 3.73. The third-order valence-corrected chi connectivity index (χ3v) is 1.06. The number of hydrogen-bond acceptors (Lipinski definition) is 0. The second-order valence-corrected chi connectivity index (χ2v) is 1.55. The van der Waals surface area contributed by atoms with Gasteiger partial charge in [0.1, 0.15) is 0 Å².